The first-order valence-electron chi connectivity index (χ1n) is 5.32. The van der Waals surface area contributed by atoms with Crippen LogP contribution in [0.3, 0.4) is 0 Å². The zero-order valence-electron chi connectivity index (χ0n) is 9.88. The van der Waals surface area contributed by atoms with E-state index < -0.39 is 12.0 Å². The number of nitrogens with one attached hydrogen (secondary N) is 1. The highest BCUT2D eigenvalue weighted by molar-refractivity contribution is 5.73. The molecule has 1 rings (SSSR count). The summed E-state index contributed by atoms with van der Waals surface area (Å²) in [5, 5.41) is 21.0. The van der Waals surface area contributed by atoms with Crippen LogP contribution in [0.2, 0.25) is 0 Å². The normalized spacial score (nSPS) is 14.2. The molecule has 1 aromatic carbocycles. The van der Waals surface area contributed by atoms with E-state index in [1.54, 1.807) is 19.1 Å². The number of phenolic OH excluding ortho intramolecular Hbond substituents is 1. The van der Waals surface area contributed by atoms with Gasteiger partial charge in [-0.1, -0.05) is 12.1 Å². The van der Waals surface area contributed by atoms with Gasteiger partial charge in [0.15, 0.2) is 0 Å². The van der Waals surface area contributed by atoms with Gasteiger partial charge in [-0.2, -0.15) is 0 Å². The number of hydrogen-bond donors (Lipinski definition) is 3. The van der Waals surface area contributed by atoms with Crippen molar-refractivity contribution in [2.45, 2.75) is 25.6 Å². The molecule has 94 valence electrons. The Kier molecular flexibility index (Phi) is 4.93. The minimum absolute atomic E-state index is 0.166. The van der Waals surface area contributed by atoms with Gasteiger partial charge in [0.25, 0.3) is 0 Å². The molecule has 0 bridgehead atoms. The zero-order valence-corrected chi connectivity index (χ0v) is 9.88. The smallest absolute Gasteiger partial charge is 0.321 e. The molecule has 2 unspecified atom stereocenters. The summed E-state index contributed by atoms with van der Waals surface area (Å²) < 4.78 is 4.97. The number of carboxylic acid groups (broad SMARTS) is 1. The largest absolute Gasteiger partial charge is 0.508 e. The van der Waals surface area contributed by atoms with E-state index in [0.717, 1.165) is 5.56 Å². The monoisotopic (exact) mass is 239 g/mol. The molecule has 17 heavy (non-hydrogen) atoms. The Hall–Kier alpha value is -1.59. The topological polar surface area (TPSA) is 78.8 Å². The van der Waals surface area contributed by atoms with Gasteiger partial charge in [-0.05, 0) is 31.0 Å². The summed E-state index contributed by atoms with van der Waals surface area (Å²) in [5.41, 5.74) is 0.839. The Morgan fingerprint density at radius 1 is 1.41 bits per heavy atom. The summed E-state index contributed by atoms with van der Waals surface area (Å²) in [5.74, 6) is -0.763. The van der Waals surface area contributed by atoms with Crippen LogP contribution in [-0.2, 0) is 16.0 Å². The summed E-state index contributed by atoms with van der Waals surface area (Å²) >= 11 is 0. The molecule has 0 heterocycles. The highest BCUT2D eigenvalue weighted by Crippen LogP contribution is 2.11. The molecule has 2 atom stereocenters. The second-order valence-corrected chi connectivity index (χ2v) is 3.81. The van der Waals surface area contributed by atoms with E-state index in [4.69, 9.17) is 14.9 Å². The number of aliphatic carboxylic acids is 1. The fraction of sp³-hybridized carbons (Fsp3) is 0.417. The van der Waals surface area contributed by atoms with E-state index in [9.17, 15) is 4.79 Å². The Morgan fingerprint density at radius 2 is 2.00 bits per heavy atom. The fourth-order valence-corrected chi connectivity index (χ4v) is 1.44. The molecule has 0 saturated carbocycles. The van der Waals surface area contributed by atoms with Crippen molar-refractivity contribution in [1.82, 2.24) is 5.32 Å². The van der Waals surface area contributed by atoms with E-state index in [1.165, 1.54) is 19.2 Å². The molecular formula is C12H17NO4. The van der Waals surface area contributed by atoms with E-state index in [1.807, 2.05) is 0 Å². The van der Waals surface area contributed by atoms with Gasteiger partial charge < -0.3 is 14.9 Å². The maximum Gasteiger partial charge on any atom is 0.321 e. The third-order valence-electron chi connectivity index (χ3n) is 2.46. The van der Waals surface area contributed by atoms with Crippen molar-refractivity contribution in [3.05, 3.63) is 29.8 Å². The Bertz CT molecular complexity index is 363. The average molecular weight is 239 g/mol. The molecule has 0 aliphatic heterocycles. The van der Waals surface area contributed by atoms with E-state index in [0.29, 0.717) is 6.42 Å². The number of aromatic hydroxyl groups is 1. The van der Waals surface area contributed by atoms with Gasteiger partial charge in [0.1, 0.15) is 18.0 Å². The van der Waals surface area contributed by atoms with Crippen LogP contribution in [0.4, 0.5) is 0 Å². The van der Waals surface area contributed by atoms with Gasteiger partial charge in [0, 0.05) is 7.11 Å². The molecule has 0 saturated heterocycles. The van der Waals surface area contributed by atoms with Crippen LogP contribution in [-0.4, -0.2) is 35.6 Å². The van der Waals surface area contributed by atoms with E-state index in [-0.39, 0.29) is 12.0 Å². The number of benzene rings is 1. The summed E-state index contributed by atoms with van der Waals surface area (Å²) in [7, 11) is 1.51. The Balaban J connectivity index is 2.66. The maximum absolute atomic E-state index is 11.1. The van der Waals surface area contributed by atoms with Crippen molar-refractivity contribution in [1.29, 1.82) is 0 Å². The number of rotatable bonds is 6. The number of phenols is 1. The first-order valence-corrected chi connectivity index (χ1v) is 5.32. The molecule has 0 amide bonds. The van der Waals surface area contributed by atoms with Crippen molar-refractivity contribution in [3.63, 3.8) is 0 Å². The van der Waals surface area contributed by atoms with Crippen LogP contribution in [0, 0.1) is 0 Å². The molecule has 5 heteroatoms. The predicted octanol–water partition coefficient (Wildman–Crippen LogP) is 0.970. The summed E-state index contributed by atoms with van der Waals surface area (Å²) in [6.45, 7) is 1.74. The molecule has 0 aliphatic carbocycles. The summed E-state index contributed by atoms with van der Waals surface area (Å²) in [6.07, 6.45) is 0.0109. The van der Waals surface area contributed by atoms with Gasteiger partial charge in [-0.3, -0.25) is 10.1 Å². The van der Waals surface area contributed by atoms with Gasteiger partial charge >= 0.3 is 5.97 Å². The number of methoxy groups -OCH3 is 1. The lowest BCUT2D eigenvalue weighted by Gasteiger charge is -2.19. The number of carboxylic acids is 1. The van der Waals surface area contributed by atoms with Gasteiger partial charge in [0.2, 0.25) is 0 Å². The molecule has 0 aromatic heterocycles. The van der Waals surface area contributed by atoms with Gasteiger partial charge in [-0.25, -0.2) is 0 Å². The SMILES string of the molecule is COC(C)NC(Cc1ccc(O)cc1)C(=O)O. The van der Waals surface area contributed by atoms with Gasteiger partial charge in [-0.15, -0.1) is 0 Å². The summed E-state index contributed by atoms with van der Waals surface area (Å²) in [4.78, 5) is 11.1. The third-order valence-corrected chi connectivity index (χ3v) is 2.46. The van der Waals surface area contributed by atoms with Crippen LogP contribution < -0.4 is 5.32 Å². The predicted molar refractivity (Wildman–Crippen MR) is 62.8 cm³/mol. The van der Waals surface area contributed by atoms with Crippen LogP contribution in [0.1, 0.15) is 12.5 Å². The zero-order chi connectivity index (χ0) is 12.8. The fourth-order valence-electron chi connectivity index (χ4n) is 1.44. The first kappa shape index (κ1) is 13.5. The molecule has 3 N–H and O–H groups in total. The molecule has 0 fully saturated rings. The van der Waals surface area contributed by atoms with Crippen molar-refractivity contribution in [2.24, 2.45) is 0 Å². The lowest BCUT2D eigenvalue weighted by atomic mass is 10.1. The molecule has 0 spiro atoms. The maximum atomic E-state index is 11.1. The summed E-state index contributed by atoms with van der Waals surface area (Å²) in [6, 6.07) is 5.76. The minimum atomic E-state index is -0.929. The van der Waals surface area contributed by atoms with E-state index in [2.05, 4.69) is 5.32 Å². The van der Waals surface area contributed by atoms with Crippen LogP contribution in [0.5, 0.6) is 5.75 Å². The standard InChI is InChI=1S/C12H17NO4/c1-8(17-2)13-11(12(15)16)7-9-3-5-10(14)6-4-9/h3-6,8,11,13-14H,7H2,1-2H3,(H,15,16). The number of carbonyl (C=O) groups is 1. The average Bonchev–Trinajstić information content (AvgIpc) is 2.30. The van der Waals surface area contributed by atoms with Gasteiger partial charge in [0.05, 0.1) is 0 Å². The molecule has 1 aromatic rings. The Labute approximate surface area is 100 Å². The lowest BCUT2D eigenvalue weighted by molar-refractivity contribution is -0.140. The molecular weight excluding hydrogens is 222 g/mol. The van der Waals surface area contributed by atoms with Crippen LogP contribution in [0.15, 0.2) is 24.3 Å². The molecule has 0 aliphatic rings. The van der Waals surface area contributed by atoms with Crippen LogP contribution >= 0.6 is 0 Å². The highest BCUT2D eigenvalue weighted by Gasteiger charge is 2.19. The van der Waals surface area contributed by atoms with Crippen molar-refractivity contribution in [3.8, 4) is 5.75 Å². The second kappa shape index (κ2) is 6.22. The second-order valence-electron chi connectivity index (χ2n) is 3.81. The molecule has 0 radical (unpaired) electrons. The van der Waals surface area contributed by atoms with E-state index >= 15 is 0 Å². The van der Waals surface area contributed by atoms with Crippen LogP contribution in [0.25, 0.3) is 0 Å². The quantitative estimate of drug-likeness (QED) is 0.645. The highest BCUT2D eigenvalue weighted by atomic mass is 16.5. The molecule has 5 nitrogen and oxygen atoms in total. The number of ether oxygens (including phenoxy) is 1. The first-order chi connectivity index (χ1) is 8.02. The van der Waals surface area contributed by atoms with Crippen molar-refractivity contribution < 1.29 is 19.7 Å². The number of hydrogen-bond acceptors (Lipinski definition) is 4. The Morgan fingerprint density at radius 3 is 2.47 bits per heavy atom. The van der Waals surface area contributed by atoms with Crippen molar-refractivity contribution >= 4 is 5.97 Å². The third kappa shape index (κ3) is 4.42. The van der Waals surface area contributed by atoms with Crippen molar-refractivity contribution in [2.75, 3.05) is 7.11 Å². The minimum Gasteiger partial charge on any atom is -0.508 e. The lowest BCUT2D eigenvalue weighted by Crippen LogP contribution is -2.44.